The van der Waals surface area contributed by atoms with Crippen molar-refractivity contribution in [2.45, 2.75) is 10.4 Å². The third kappa shape index (κ3) is 5.33. The average Bonchev–Trinajstić information content (AvgIpc) is 2.40. The van der Waals surface area contributed by atoms with Crippen LogP contribution in [0.1, 0.15) is 10.4 Å². The van der Waals surface area contributed by atoms with Crippen LogP contribution < -0.4 is 0 Å². The summed E-state index contributed by atoms with van der Waals surface area (Å²) in [6.07, 6.45) is 0. The lowest BCUT2D eigenvalue weighted by atomic mass is 10.1. The fourth-order valence-electron chi connectivity index (χ4n) is 2.17. The van der Waals surface area contributed by atoms with Crippen LogP contribution in [0, 0.1) is 0 Å². The molecule has 21 heavy (non-hydrogen) atoms. The van der Waals surface area contributed by atoms with Crippen molar-refractivity contribution >= 4 is 17.5 Å². The van der Waals surface area contributed by atoms with Gasteiger partial charge in [0.25, 0.3) is 0 Å². The van der Waals surface area contributed by atoms with E-state index >= 15 is 0 Å². The van der Waals surface area contributed by atoms with Crippen LogP contribution in [0.5, 0.6) is 0 Å². The summed E-state index contributed by atoms with van der Waals surface area (Å²) >= 11 is -0.194. The molecule has 0 spiro atoms. The SMILES string of the molecule is CN1CCN(CC(=O)c2cccc(SC(F)(F)F)c2)CC1. The number of benzene rings is 1. The van der Waals surface area contributed by atoms with Gasteiger partial charge in [-0.05, 0) is 30.9 Å². The van der Waals surface area contributed by atoms with Gasteiger partial charge in [-0.1, -0.05) is 12.1 Å². The van der Waals surface area contributed by atoms with Crippen molar-refractivity contribution < 1.29 is 18.0 Å². The molecule has 0 radical (unpaired) electrons. The number of piperazine rings is 1. The molecule has 0 saturated carbocycles. The quantitative estimate of drug-likeness (QED) is 0.629. The number of halogens is 3. The molecule has 1 fully saturated rings. The molecular formula is C14H17F3N2OS. The molecule has 0 atom stereocenters. The van der Waals surface area contributed by atoms with Crippen molar-refractivity contribution in [2.75, 3.05) is 39.8 Å². The molecule has 116 valence electrons. The van der Waals surface area contributed by atoms with E-state index in [-0.39, 0.29) is 29.0 Å². The average molecular weight is 318 g/mol. The van der Waals surface area contributed by atoms with E-state index in [4.69, 9.17) is 0 Å². The highest BCUT2D eigenvalue weighted by molar-refractivity contribution is 8.00. The van der Waals surface area contributed by atoms with Gasteiger partial charge in [-0.15, -0.1) is 0 Å². The Morgan fingerprint density at radius 3 is 2.52 bits per heavy atom. The van der Waals surface area contributed by atoms with Crippen LogP contribution in [-0.4, -0.2) is 60.9 Å². The van der Waals surface area contributed by atoms with Crippen molar-refractivity contribution in [1.29, 1.82) is 0 Å². The van der Waals surface area contributed by atoms with Crippen LogP contribution in [0.25, 0.3) is 0 Å². The van der Waals surface area contributed by atoms with Crippen LogP contribution in [0.3, 0.4) is 0 Å². The van der Waals surface area contributed by atoms with Crippen LogP contribution in [0.4, 0.5) is 13.2 Å². The smallest absolute Gasteiger partial charge is 0.304 e. The maximum Gasteiger partial charge on any atom is 0.446 e. The molecule has 1 saturated heterocycles. The van der Waals surface area contributed by atoms with Gasteiger partial charge >= 0.3 is 5.51 Å². The summed E-state index contributed by atoms with van der Waals surface area (Å²) in [5.74, 6) is -0.135. The van der Waals surface area contributed by atoms with Crippen molar-refractivity contribution in [1.82, 2.24) is 9.80 Å². The van der Waals surface area contributed by atoms with Gasteiger partial charge in [-0.3, -0.25) is 9.69 Å². The Kier molecular flexibility index (Phi) is 5.29. The van der Waals surface area contributed by atoms with E-state index in [1.807, 2.05) is 11.9 Å². The molecule has 1 aliphatic heterocycles. The highest BCUT2D eigenvalue weighted by Crippen LogP contribution is 2.36. The third-order valence-electron chi connectivity index (χ3n) is 3.35. The van der Waals surface area contributed by atoms with Crippen molar-refractivity contribution in [3.8, 4) is 0 Å². The summed E-state index contributed by atoms with van der Waals surface area (Å²) < 4.78 is 37.0. The normalized spacial score (nSPS) is 17.9. The second-order valence-electron chi connectivity index (χ2n) is 5.08. The zero-order valence-corrected chi connectivity index (χ0v) is 12.5. The molecule has 0 N–H and O–H groups in total. The molecule has 1 aromatic carbocycles. The molecule has 0 unspecified atom stereocenters. The molecule has 0 aliphatic carbocycles. The number of carbonyl (C=O) groups excluding carboxylic acids is 1. The second kappa shape index (κ2) is 6.81. The predicted molar refractivity (Wildman–Crippen MR) is 76.6 cm³/mol. The molecule has 1 aliphatic rings. The molecule has 3 nitrogen and oxygen atoms in total. The molecular weight excluding hydrogens is 301 g/mol. The second-order valence-corrected chi connectivity index (χ2v) is 6.22. The Hall–Kier alpha value is -1.05. The minimum Gasteiger partial charge on any atom is -0.304 e. The van der Waals surface area contributed by atoms with E-state index in [9.17, 15) is 18.0 Å². The zero-order chi connectivity index (χ0) is 15.5. The minimum atomic E-state index is -4.33. The van der Waals surface area contributed by atoms with E-state index in [2.05, 4.69) is 4.90 Å². The summed E-state index contributed by atoms with van der Waals surface area (Å²) in [5, 5.41) is 0. The van der Waals surface area contributed by atoms with E-state index < -0.39 is 5.51 Å². The number of alkyl halides is 3. The minimum absolute atomic E-state index is 0.0479. The van der Waals surface area contributed by atoms with Gasteiger partial charge in [-0.25, -0.2) is 0 Å². The number of ketones is 1. The molecule has 0 aromatic heterocycles. The maximum absolute atomic E-state index is 12.3. The standard InChI is InChI=1S/C14H17F3N2OS/c1-18-5-7-19(8-6-18)10-13(20)11-3-2-4-12(9-11)21-14(15,16)17/h2-4,9H,5-8,10H2,1H3. The van der Waals surface area contributed by atoms with Crippen molar-refractivity contribution in [3.63, 3.8) is 0 Å². The van der Waals surface area contributed by atoms with E-state index in [1.54, 1.807) is 6.07 Å². The van der Waals surface area contributed by atoms with Crippen LogP contribution in [0.15, 0.2) is 29.2 Å². The zero-order valence-electron chi connectivity index (χ0n) is 11.7. The number of hydrogen-bond acceptors (Lipinski definition) is 4. The number of thioether (sulfide) groups is 1. The lowest BCUT2D eigenvalue weighted by molar-refractivity contribution is -0.0328. The number of hydrogen-bond donors (Lipinski definition) is 0. The maximum atomic E-state index is 12.3. The first-order chi connectivity index (χ1) is 9.83. The predicted octanol–water partition coefficient (Wildman–Crippen LogP) is 2.73. The summed E-state index contributed by atoms with van der Waals surface area (Å²) in [7, 11) is 2.02. The van der Waals surface area contributed by atoms with Gasteiger partial charge in [-0.2, -0.15) is 13.2 Å². The van der Waals surface area contributed by atoms with E-state index in [0.717, 1.165) is 26.2 Å². The van der Waals surface area contributed by atoms with Gasteiger partial charge in [0, 0.05) is 36.6 Å². The van der Waals surface area contributed by atoms with Crippen LogP contribution >= 0.6 is 11.8 Å². The van der Waals surface area contributed by atoms with E-state index in [1.165, 1.54) is 18.2 Å². The fraction of sp³-hybridized carbons (Fsp3) is 0.500. The summed E-state index contributed by atoms with van der Waals surface area (Å²) in [4.78, 5) is 16.4. The molecule has 0 amide bonds. The van der Waals surface area contributed by atoms with E-state index in [0.29, 0.717) is 5.56 Å². The Bertz CT molecular complexity index is 499. The lowest BCUT2D eigenvalue weighted by Crippen LogP contribution is -2.46. The molecule has 0 bridgehead atoms. The summed E-state index contributed by atoms with van der Waals surface area (Å²) in [6.45, 7) is 3.67. The van der Waals surface area contributed by atoms with Gasteiger partial charge < -0.3 is 4.90 Å². The van der Waals surface area contributed by atoms with Crippen LogP contribution in [0.2, 0.25) is 0 Å². The first-order valence-corrected chi connectivity index (χ1v) is 7.45. The highest BCUT2D eigenvalue weighted by Gasteiger charge is 2.29. The van der Waals surface area contributed by atoms with Gasteiger partial charge in [0.05, 0.1) is 6.54 Å². The fourth-order valence-corrected chi connectivity index (χ4v) is 2.77. The Morgan fingerprint density at radius 2 is 1.90 bits per heavy atom. The highest BCUT2D eigenvalue weighted by atomic mass is 32.2. The molecule has 1 heterocycles. The number of nitrogens with zero attached hydrogens (tertiary/aromatic N) is 2. The monoisotopic (exact) mass is 318 g/mol. The van der Waals surface area contributed by atoms with Gasteiger partial charge in [0.1, 0.15) is 0 Å². The van der Waals surface area contributed by atoms with Crippen molar-refractivity contribution in [2.24, 2.45) is 0 Å². The first kappa shape index (κ1) is 16.3. The molecule has 2 rings (SSSR count). The third-order valence-corrected chi connectivity index (χ3v) is 4.07. The first-order valence-electron chi connectivity index (χ1n) is 6.63. The summed E-state index contributed by atoms with van der Waals surface area (Å²) in [5.41, 5.74) is -4.00. The largest absolute Gasteiger partial charge is 0.446 e. The van der Waals surface area contributed by atoms with Crippen LogP contribution in [-0.2, 0) is 0 Å². The Balaban J connectivity index is 1.97. The summed E-state index contributed by atoms with van der Waals surface area (Å²) in [6, 6.07) is 5.74. The van der Waals surface area contributed by atoms with Gasteiger partial charge in [0.15, 0.2) is 5.78 Å². The number of carbonyl (C=O) groups is 1. The topological polar surface area (TPSA) is 23.6 Å². The Morgan fingerprint density at radius 1 is 1.24 bits per heavy atom. The number of rotatable bonds is 4. The molecule has 1 aromatic rings. The van der Waals surface area contributed by atoms with Gasteiger partial charge in [0.2, 0.25) is 0 Å². The number of likely N-dealkylation sites (N-methyl/N-ethyl adjacent to an activating group) is 1. The molecule has 7 heteroatoms. The number of Topliss-reactive ketones (excluding diaryl/α,β-unsaturated/α-hetero) is 1. The van der Waals surface area contributed by atoms with Crippen molar-refractivity contribution in [3.05, 3.63) is 29.8 Å². The Labute approximate surface area is 126 Å². The lowest BCUT2D eigenvalue weighted by Gasteiger charge is -2.31.